The fourth-order valence-electron chi connectivity index (χ4n) is 3.97. The van der Waals surface area contributed by atoms with Crippen molar-refractivity contribution in [2.24, 2.45) is 0 Å². The van der Waals surface area contributed by atoms with Crippen molar-refractivity contribution in [1.82, 2.24) is 24.3 Å². The number of benzene rings is 2. The van der Waals surface area contributed by atoms with Gasteiger partial charge < -0.3 is 9.30 Å². The molecule has 34 heavy (non-hydrogen) atoms. The summed E-state index contributed by atoms with van der Waals surface area (Å²) in [6.45, 7) is -0.112. The van der Waals surface area contributed by atoms with Crippen molar-refractivity contribution < 1.29 is 17.9 Å². The quantitative estimate of drug-likeness (QED) is 0.378. The molecule has 168 valence electrons. The molecule has 0 atom stereocenters. The van der Waals surface area contributed by atoms with Crippen molar-refractivity contribution in [3.8, 4) is 35.5 Å². The molecule has 0 unspecified atom stereocenters. The SMILES string of the molecule is C#Cc1ccc2c(c1)-c1nnc(COCc3ccccc3C(F)(F)F)n1Cc1c(C#N)ncn1-2. The van der Waals surface area contributed by atoms with Crippen LogP contribution >= 0.6 is 0 Å². The van der Waals surface area contributed by atoms with Crippen LogP contribution in [0.25, 0.3) is 17.1 Å². The van der Waals surface area contributed by atoms with Crippen LogP contribution < -0.4 is 0 Å². The highest BCUT2D eigenvalue weighted by atomic mass is 19.4. The number of hydrogen-bond acceptors (Lipinski definition) is 5. The number of alkyl halides is 3. The van der Waals surface area contributed by atoms with Gasteiger partial charge in [-0.25, -0.2) is 4.98 Å². The summed E-state index contributed by atoms with van der Waals surface area (Å²) in [7, 11) is 0. The Morgan fingerprint density at radius 2 is 1.94 bits per heavy atom. The predicted molar refractivity (Wildman–Crippen MR) is 114 cm³/mol. The fourth-order valence-corrected chi connectivity index (χ4v) is 3.97. The molecule has 0 saturated carbocycles. The summed E-state index contributed by atoms with van der Waals surface area (Å²) in [5, 5.41) is 18.0. The Morgan fingerprint density at radius 1 is 1.12 bits per heavy atom. The van der Waals surface area contributed by atoms with E-state index in [-0.39, 0.29) is 31.0 Å². The van der Waals surface area contributed by atoms with Crippen LogP contribution in [-0.4, -0.2) is 24.3 Å². The third kappa shape index (κ3) is 3.60. The maximum Gasteiger partial charge on any atom is 0.416 e. The van der Waals surface area contributed by atoms with Crippen molar-refractivity contribution >= 4 is 0 Å². The molecule has 0 bridgehead atoms. The number of nitrogens with zero attached hydrogens (tertiary/aromatic N) is 6. The molecular formula is C24H15F3N6O. The van der Waals surface area contributed by atoms with Crippen molar-refractivity contribution in [2.75, 3.05) is 0 Å². The Hall–Kier alpha value is -4.41. The average Bonchev–Trinajstić information content (AvgIpc) is 3.39. The number of aromatic nitrogens is 5. The molecule has 1 aliphatic rings. The van der Waals surface area contributed by atoms with Crippen molar-refractivity contribution in [3.05, 3.63) is 82.7 Å². The molecule has 2 aromatic carbocycles. The predicted octanol–water partition coefficient (Wildman–Crippen LogP) is 4.08. The highest BCUT2D eigenvalue weighted by molar-refractivity contribution is 5.71. The summed E-state index contributed by atoms with van der Waals surface area (Å²) in [6.07, 6.45) is 2.66. The second-order valence-electron chi connectivity index (χ2n) is 7.57. The lowest BCUT2D eigenvalue weighted by Gasteiger charge is -2.13. The van der Waals surface area contributed by atoms with Gasteiger partial charge in [0.05, 0.1) is 30.1 Å². The number of halogens is 3. The summed E-state index contributed by atoms with van der Waals surface area (Å²) >= 11 is 0. The van der Waals surface area contributed by atoms with Crippen LogP contribution in [0.4, 0.5) is 13.2 Å². The number of rotatable bonds is 4. The highest BCUT2D eigenvalue weighted by Gasteiger charge is 2.33. The molecule has 3 heterocycles. The summed E-state index contributed by atoms with van der Waals surface area (Å²) in [5.74, 6) is 3.50. The van der Waals surface area contributed by atoms with Crippen LogP contribution in [0.1, 0.15) is 33.9 Å². The van der Waals surface area contributed by atoms with Gasteiger partial charge in [-0.1, -0.05) is 24.1 Å². The van der Waals surface area contributed by atoms with Gasteiger partial charge in [0.15, 0.2) is 17.3 Å². The number of hydrogen-bond donors (Lipinski definition) is 0. The molecule has 0 spiro atoms. The Balaban J connectivity index is 1.50. The summed E-state index contributed by atoms with van der Waals surface area (Å²) in [4.78, 5) is 4.19. The van der Waals surface area contributed by atoms with Gasteiger partial charge in [0.1, 0.15) is 19.0 Å². The molecule has 5 rings (SSSR count). The summed E-state index contributed by atoms with van der Waals surface area (Å²) < 4.78 is 49.0. The highest BCUT2D eigenvalue weighted by Crippen LogP contribution is 2.34. The van der Waals surface area contributed by atoms with Crippen LogP contribution in [0.3, 0.4) is 0 Å². The monoisotopic (exact) mass is 460 g/mol. The molecule has 1 aliphatic heterocycles. The van der Waals surface area contributed by atoms with Crippen LogP contribution in [-0.2, 0) is 30.7 Å². The third-order valence-corrected chi connectivity index (χ3v) is 5.58. The van der Waals surface area contributed by atoms with E-state index in [9.17, 15) is 18.4 Å². The molecule has 0 N–H and O–H groups in total. The minimum Gasteiger partial charge on any atom is -0.369 e. The van der Waals surface area contributed by atoms with E-state index in [1.807, 2.05) is 6.07 Å². The minimum absolute atomic E-state index is 0.0273. The maximum absolute atomic E-state index is 13.3. The second-order valence-corrected chi connectivity index (χ2v) is 7.57. The van der Waals surface area contributed by atoms with Crippen LogP contribution in [0, 0.1) is 23.7 Å². The van der Waals surface area contributed by atoms with Crippen LogP contribution in [0.5, 0.6) is 0 Å². The van der Waals surface area contributed by atoms with E-state index in [1.54, 1.807) is 27.6 Å². The first-order valence-electron chi connectivity index (χ1n) is 10.1. The Bertz CT molecular complexity index is 1490. The van der Waals surface area contributed by atoms with Crippen LogP contribution in [0.15, 0.2) is 48.8 Å². The van der Waals surface area contributed by atoms with Crippen molar-refractivity contribution in [1.29, 1.82) is 5.26 Å². The molecular weight excluding hydrogens is 445 g/mol. The van der Waals surface area contributed by atoms with E-state index >= 15 is 0 Å². The first kappa shape index (κ1) is 21.4. The van der Waals surface area contributed by atoms with E-state index in [1.165, 1.54) is 18.2 Å². The number of terminal acetylenes is 1. The Kier molecular flexibility index (Phi) is 5.16. The number of ether oxygens (including phenoxy) is 1. The smallest absolute Gasteiger partial charge is 0.369 e. The lowest BCUT2D eigenvalue weighted by molar-refractivity contribution is -0.139. The molecule has 0 saturated heterocycles. The van der Waals surface area contributed by atoms with E-state index < -0.39 is 11.7 Å². The van der Waals surface area contributed by atoms with Crippen molar-refractivity contribution in [3.63, 3.8) is 0 Å². The second kappa shape index (κ2) is 8.18. The fraction of sp³-hybridized carbons (Fsp3) is 0.167. The van der Waals surface area contributed by atoms with E-state index in [0.29, 0.717) is 28.5 Å². The zero-order valence-corrected chi connectivity index (χ0v) is 17.5. The topological polar surface area (TPSA) is 81.6 Å². The zero-order chi connectivity index (χ0) is 23.9. The Morgan fingerprint density at radius 3 is 2.71 bits per heavy atom. The molecule has 4 aromatic rings. The largest absolute Gasteiger partial charge is 0.416 e. The number of fused-ring (bicyclic) bond motifs is 5. The van der Waals surface area contributed by atoms with E-state index in [4.69, 9.17) is 11.2 Å². The molecule has 0 fully saturated rings. The van der Waals surface area contributed by atoms with E-state index in [2.05, 4.69) is 27.2 Å². The summed E-state index contributed by atoms with van der Waals surface area (Å²) in [5.41, 5.74) is 2.23. The third-order valence-electron chi connectivity index (χ3n) is 5.58. The van der Waals surface area contributed by atoms with Gasteiger partial charge >= 0.3 is 6.18 Å². The molecule has 7 nitrogen and oxygen atoms in total. The number of imidazole rings is 1. The van der Waals surface area contributed by atoms with Gasteiger partial charge in [0.25, 0.3) is 0 Å². The van der Waals surface area contributed by atoms with Gasteiger partial charge in [-0.2, -0.15) is 18.4 Å². The van der Waals surface area contributed by atoms with Gasteiger partial charge in [-0.3, -0.25) is 4.57 Å². The lowest BCUT2D eigenvalue weighted by Crippen LogP contribution is -2.12. The molecule has 0 aliphatic carbocycles. The van der Waals surface area contributed by atoms with Gasteiger partial charge in [-0.05, 0) is 29.8 Å². The average molecular weight is 460 g/mol. The normalized spacial score (nSPS) is 12.1. The Labute approximate surface area is 192 Å². The maximum atomic E-state index is 13.3. The standard InChI is InChI=1S/C24H15F3N6O/c1-2-15-7-8-20-17(9-15)23-31-30-22(32(23)11-21-19(10-28)29-14-33(20)21)13-34-12-16-5-3-4-6-18(16)24(25,26)27/h1,3-9,14H,11-13H2. The summed E-state index contributed by atoms with van der Waals surface area (Å²) in [6, 6.07) is 12.7. The molecule has 2 aromatic heterocycles. The molecule has 10 heteroatoms. The molecule has 0 amide bonds. The van der Waals surface area contributed by atoms with Gasteiger partial charge in [0.2, 0.25) is 0 Å². The number of nitriles is 1. The van der Waals surface area contributed by atoms with Gasteiger partial charge in [-0.15, -0.1) is 16.6 Å². The molecule has 0 radical (unpaired) electrons. The lowest BCUT2D eigenvalue weighted by atomic mass is 10.1. The van der Waals surface area contributed by atoms with Gasteiger partial charge in [0, 0.05) is 11.1 Å². The first-order chi connectivity index (χ1) is 16.4. The van der Waals surface area contributed by atoms with Crippen LogP contribution in [0.2, 0.25) is 0 Å². The van der Waals surface area contributed by atoms with E-state index in [0.717, 1.165) is 11.8 Å². The minimum atomic E-state index is -4.48. The van der Waals surface area contributed by atoms with Crippen molar-refractivity contribution in [2.45, 2.75) is 25.9 Å². The zero-order valence-electron chi connectivity index (χ0n) is 17.5. The first-order valence-corrected chi connectivity index (χ1v) is 10.1.